The number of nitro groups is 1. The number of aliphatic hydroxyl groups is 1. The summed E-state index contributed by atoms with van der Waals surface area (Å²) < 4.78 is 1.31. The molecule has 23 heavy (non-hydrogen) atoms. The number of hydrogen-bond acceptors (Lipinski definition) is 5. The number of benzene rings is 1. The highest BCUT2D eigenvalue weighted by Gasteiger charge is 2.18. The molecule has 0 bridgehead atoms. The van der Waals surface area contributed by atoms with Crippen molar-refractivity contribution in [3.8, 4) is 5.69 Å². The highest BCUT2D eigenvalue weighted by atomic mass is 16.6. The second-order valence-corrected chi connectivity index (χ2v) is 4.98. The predicted octanol–water partition coefficient (Wildman–Crippen LogP) is 1.67. The molecule has 0 aliphatic heterocycles. The monoisotopic (exact) mass is 318 g/mol. The molecule has 0 saturated carbocycles. The van der Waals surface area contributed by atoms with Gasteiger partial charge in [-0.25, -0.2) is 4.68 Å². The maximum atomic E-state index is 12.1. The van der Waals surface area contributed by atoms with Crippen molar-refractivity contribution in [3.63, 3.8) is 0 Å². The van der Waals surface area contributed by atoms with Crippen LogP contribution in [-0.4, -0.2) is 38.4 Å². The van der Waals surface area contributed by atoms with Crippen LogP contribution in [0.4, 0.5) is 5.69 Å². The number of aromatic nitrogens is 2. The molecule has 1 unspecified atom stereocenters. The summed E-state index contributed by atoms with van der Waals surface area (Å²) in [4.78, 5) is 22.7. The standard InChI is InChI=1S/C15H18N4O4/c1-2-11(8-10-20)16-15(21)12-7-9-18(17-12)13-5-3-4-6-14(13)19(22)23/h3-7,9,11,20H,2,8,10H2,1H3,(H,16,21). The van der Waals surface area contributed by atoms with Crippen LogP contribution in [0.2, 0.25) is 0 Å². The second kappa shape index (κ2) is 7.50. The molecular weight excluding hydrogens is 300 g/mol. The van der Waals surface area contributed by atoms with Crippen molar-refractivity contribution in [2.75, 3.05) is 6.61 Å². The first-order valence-electron chi connectivity index (χ1n) is 7.28. The van der Waals surface area contributed by atoms with Gasteiger partial charge in [-0.3, -0.25) is 14.9 Å². The number of nitrogens with one attached hydrogen (secondary N) is 1. The van der Waals surface area contributed by atoms with Crippen LogP contribution in [0.1, 0.15) is 30.3 Å². The average Bonchev–Trinajstić information content (AvgIpc) is 3.04. The second-order valence-electron chi connectivity index (χ2n) is 4.98. The molecule has 1 heterocycles. The van der Waals surface area contributed by atoms with Gasteiger partial charge in [0.05, 0.1) is 4.92 Å². The summed E-state index contributed by atoms with van der Waals surface area (Å²) in [6.45, 7) is 1.90. The van der Waals surface area contributed by atoms with E-state index in [1.54, 1.807) is 18.2 Å². The molecule has 0 radical (unpaired) electrons. The Bertz CT molecular complexity index is 698. The summed E-state index contributed by atoms with van der Waals surface area (Å²) in [6.07, 6.45) is 2.66. The van der Waals surface area contributed by atoms with E-state index < -0.39 is 4.92 Å². The van der Waals surface area contributed by atoms with Gasteiger partial charge in [-0.05, 0) is 25.0 Å². The molecular formula is C15H18N4O4. The molecule has 2 N–H and O–H groups in total. The van der Waals surface area contributed by atoms with Gasteiger partial charge < -0.3 is 10.4 Å². The molecule has 1 aromatic carbocycles. The van der Waals surface area contributed by atoms with Crippen LogP contribution < -0.4 is 5.32 Å². The van der Waals surface area contributed by atoms with Gasteiger partial charge in [-0.15, -0.1) is 0 Å². The smallest absolute Gasteiger partial charge is 0.294 e. The van der Waals surface area contributed by atoms with E-state index in [1.807, 2.05) is 6.92 Å². The minimum Gasteiger partial charge on any atom is -0.396 e. The third kappa shape index (κ3) is 3.92. The molecule has 0 spiro atoms. The number of carbonyl (C=O) groups excluding carboxylic acids is 1. The van der Waals surface area contributed by atoms with Crippen molar-refractivity contribution in [2.45, 2.75) is 25.8 Å². The zero-order valence-corrected chi connectivity index (χ0v) is 12.7. The summed E-state index contributed by atoms with van der Waals surface area (Å²) in [5, 5.41) is 26.9. The Morgan fingerprint density at radius 1 is 1.43 bits per heavy atom. The number of aliphatic hydroxyl groups excluding tert-OH is 1. The molecule has 1 atom stereocenters. The van der Waals surface area contributed by atoms with Crippen LogP contribution in [0.3, 0.4) is 0 Å². The minimum atomic E-state index is -0.495. The van der Waals surface area contributed by atoms with Crippen LogP contribution in [0.5, 0.6) is 0 Å². The third-order valence-electron chi connectivity index (χ3n) is 3.45. The Morgan fingerprint density at radius 2 is 2.17 bits per heavy atom. The number of nitro benzene ring substituents is 1. The molecule has 0 saturated heterocycles. The van der Waals surface area contributed by atoms with Gasteiger partial charge >= 0.3 is 0 Å². The van der Waals surface area contributed by atoms with E-state index >= 15 is 0 Å². The molecule has 1 amide bonds. The van der Waals surface area contributed by atoms with Crippen molar-refractivity contribution in [1.29, 1.82) is 0 Å². The maximum Gasteiger partial charge on any atom is 0.294 e. The first-order valence-corrected chi connectivity index (χ1v) is 7.28. The van der Waals surface area contributed by atoms with E-state index in [1.165, 1.54) is 23.0 Å². The quantitative estimate of drug-likeness (QED) is 0.596. The minimum absolute atomic E-state index is 0.0105. The van der Waals surface area contributed by atoms with Crippen molar-refractivity contribution in [1.82, 2.24) is 15.1 Å². The van der Waals surface area contributed by atoms with Crippen LogP contribution in [0.15, 0.2) is 36.5 Å². The van der Waals surface area contributed by atoms with Crippen molar-refractivity contribution < 1.29 is 14.8 Å². The summed E-state index contributed by atoms with van der Waals surface area (Å²) in [5.74, 6) is -0.373. The number of carbonyl (C=O) groups is 1. The maximum absolute atomic E-state index is 12.1. The fraction of sp³-hybridized carbons (Fsp3) is 0.333. The van der Waals surface area contributed by atoms with Crippen LogP contribution >= 0.6 is 0 Å². The van der Waals surface area contributed by atoms with Crippen molar-refractivity contribution in [3.05, 3.63) is 52.3 Å². The highest BCUT2D eigenvalue weighted by Crippen LogP contribution is 2.21. The number of rotatable bonds is 7. The molecule has 8 nitrogen and oxygen atoms in total. The normalized spacial score (nSPS) is 11.9. The van der Waals surface area contributed by atoms with Gasteiger partial charge in [0.25, 0.3) is 11.6 Å². The van der Waals surface area contributed by atoms with Gasteiger partial charge in [0, 0.05) is 24.9 Å². The Kier molecular flexibility index (Phi) is 5.42. The number of hydrogen-bond donors (Lipinski definition) is 2. The largest absolute Gasteiger partial charge is 0.396 e. The van der Waals surface area contributed by atoms with E-state index in [2.05, 4.69) is 10.4 Å². The van der Waals surface area contributed by atoms with Crippen molar-refractivity contribution in [2.24, 2.45) is 0 Å². The molecule has 2 aromatic rings. The highest BCUT2D eigenvalue weighted by molar-refractivity contribution is 5.92. The Morgan fingerprint density at radius 3 is 2.83 bits per heavy atom. The van der Waals surface area contributed by atoms with Crippen molar-refractivity contribution >= 4 is 11.6 Å². The fourth-order valence-corrected chi connectivity index (χ4v) is 2.19. The SMILES string of the molecule is CCC(CCO)NC(=O)c1ccn(-c2ccccc2[N+](=O)[O-])n1. The summed E-state index contributed by atoms with van der Waals surface area (Å²) >= 11 is 0. The van der Waals surface area contributed by atoms with Gasteiger partial charge in [0.2, 0.25) is 0 Å². The van der Waals surface area contributed by atoms with Crippen LogP contribution in [-0.2, 0) is 0 Å². The van der Waals surface area contributed by atoms with Crippen LogP contribution in [0.25, 0.3) is 5.69 Å². The molecule has 0 aliphatic carbocycles. The van der Waals surface area contributed by atoms with E-state index in [0.717, 1.165) is 0 Å². The van der Waals surface area contributed by atoms with Gasteiger partial charge in [0.15, 0.2) is 5.69 Å². The van der Waals surface area contributed by atoms with E-state index in [4.69, 9.17) is 5.11 Å². The summed E-state index contributed by atoms with van der Waals surface area (Å²) in [5.41, 5.74) is 0.368. The van der Waals surface area contributed by atoms with Crippen LogP contribution in [0, 0.1) is 10.1 Å². The lowest BCUT2D eigenvalue weighted by atomic mass is 10.1. The molecule has 8 heteroatoms. The van der Waals surface area contributed by atoms with E-state index in [0.29, 0.717) is 18.5 Å². The third-order valence-corrected chi connectivity index (χ3v) is 3.45. The Labute approximate surface area is 132 Å². The summed E-state index contributed by atoms with van der Waals surface area (Å²) in [7, 11) is 0. The lowest BCUT2D eigenvalue weighted by Gasteiger charge is -2.14. The zero-order chi connectivity index (χ0) is 16.8. The first kappa shape index (κ1) is 16.6. The lowest BCUT2D eigenvalue weighted by Crippen LogP contribution is -2.35. The fourth-order valence-electron chi connectivity index (χ4n) is 2.19. The van der Waals surface area contributed by atoms with E-state index in [9.17, 15) is 14.9 Å². The predicted molar refractivity (Wildman–Crippen MR) is 83.5 cm³/mol. The Balaban J connectivity index is 2.21. The Hall–Kier alpha value is -2.74. The molecule has 2 rings (SSSR count). The molecule has 0 fully saturated rings. The lowest BCUT2D eigenvalue weighted by molar-refractivity contribution is -0.384. The first-order chi connectivity index (χ1) is 11.1. The van der Waals surface area contributed by atoms with Gasteiger partial charge in [-0.1, -0.05) is 19.1 Å². The van der Waals surface area contributed by atoms with Gasteiger partial charge in [-0.2, -0.15) is 5.10 Å². The molecule has 122 valence electrons. The number of para-hydroxylation sites is 2. The molecule has 1 aromatic heterocycles. The van der Waals surface area contributed by atoms with E-state index in [-0.39, 0.29) is 29.9 Å². The average molecular weight is 318 g/mol. The number of nitrogens with zero attached hydrogens (tertiary/aromatic N) is 3. The summed E-state index contributed by atoms with van der Waals surface area (Å²) in [6, 6.07) is 7.54. The molecule has 0 aliphatic rings. The van der Waals surface area contributed by atoms with Gasteiger partial charge in [0.1, 0.15) is 5.69 Å². The topological polar surface area (TPSA) is 110 Å². The zero-order valence-electron chi connectivity index (χ0n) is 12.7. The number of amides is 1.